The SMILES string of the molecule is CCCC/C=C/[C@H]1CCC(=O)C1. The molecule has 0 spiro atoms. The van der Waals surface area contributed by atoms with Gasteiger partial charge in [-0.1, -0.05) is 31.9 Å². The number of carbonyl (C=O) groups is 1. The highest BCUT2D eigenvalue weighted by atomic mass is 16.1. The highest BCUT2D eigenvalue weighted by molar-refractivity contribution is 5.80. The average Bonchev–Trinajstić information content (AvgIpc) is 2.45. The molecule has 0 aliphatic heterocycles. The van der Waals surface area contributed by atoms with Crippen molar-refractivity contribution in [2.45, 2.75) is 45.4 Å². The average molecular weight is 166 g/mol. The Morgan fingerprint density at radius 3 is 3.00 bits per heavy atom. The van der Waals surface area contributed by atoms with Crippen LogP contribution in [0.1, 0.15) is 45.4 Å². The fraction of sp³-hybridized carbons (Fsp3) is 0.727. The summed E-state index contributed by atoms with van der Waals surface area (Å²) in [4.78, 5) is 10.9. The lowest BCUT2D eigenvalue weighted by atomic mass is 10.1. The molecule has 0 aromatic heterocycles. The Bertz CT molecular complexity index is 170. The minimum absolute atomic E-state index is 0.445. The quantitative estimate of drug-likeness (QED) is 0.463. The van der Waals surface area contributed by atoms with Crippen LogP contribution in [0.4, 0.5) is 0 Å². The van der Waals surface area contributed by atoms with Crippen LogP contribution >= 0.6 is 0 Å². The number of ketones is 1. The van der Waals surface area contributed by atoms with Gasteiger partial charge in [0.1, 0.15) is 5.78 Å². The van der Waals surface area contributed by atoms with Gasteiger partial charge in [-0.15, -0.1) is 0 Å². The Balaban J connectivity index is 2.14. The van der Waals surface area contributed by atoms with E-state index in [1.54, 1.807) is 0 Å². The van der Waals surface area contributed by atoms with Gasteiger partial charge in [0.25, 0.3) is 0 Å². The first kappa shape index (κ1) is 9.50. The summed E-state index contributed by atoms with van der Waals surface area (Å²) in [6.07, 6.45) is 10.9. The van der Waals surface area contributed by atoms with Gasteiger partial charge in [0.2, 0.25) is 0 Å². The summed E-state index contributed by atoms with van der Waals surface area (Å²) in [5.41, 5.74) is 0. The number of hydrogen-bond acceptors (Lipinski definition) is 1. The standard InChI is InChI=1S/C11H18O/c1-2-3-4-5-6-10-7-8-11(12)9-10/h5-6,10H,2-4,7-9H2,1H3/b6-5+/t10-/m0/s1. The van der Waals surface area contributed by atoms with Crippen LogP contribution in [0.3, 0.4) is 0 Å². The molecule has 1 atom stereocenters. The van der Waals surface area contributed by atoms with E-state index >= 15 is 0 Å². The maximum Gasteiger partial charge on any atom is 0.133 e. The third-order valence-electron chi connectivity index (χ3n) is 2.42. The summed E-state index contributed by atoms with van der Waals surface area (Å²) < 4.78 is 0. The first-order chi connectivity index (χ1) is 5.83. The second-order valence-corrected chi connectivity index (χ2v) is 3.61. The maximum atomic E-state index is 10.9. The normalized spacial score (nSPS) is 24.1. The second-order valence-electron chi connectivity index (χ2n) is 3.61. The van der Waals surface area contributed by atoms with Crippen LogP contribution in [0.15, 0.2) is 12.2 Å². The van der Waals surface area contributed by atoms with Crippen molar-refractivity contribution in [3.63, 3.8) is 0 Å². The predicted molar refractivity (Wildman–Crippen MR) is 51.0 cm³/mol. The molecule has 1 fully saturated rings. The number of allylic oxidation sites excluding steroid dienone is 2. The predicted octanol–water partition coefficient (Wildman–Crippen LogP) is 3.10. The molecule has 1 saturated carbocycles. The molecule has 1 aliphatic rings. The lowest BCUT2D eigenvalue weighted by molar-refractivity contribution is -0.117. The first-order valence-electron chi connectivity index (χ1n) is 5.01. The summed E-state index contributed by atoms with van der Waals surface area (Å²) in [5, 5.41) is 0. The van der Waals surface area contributed by atoms with E-state index in [1.807, 2.05) is 0 Å². The van der Waals surface area contributed by atoms with Crippen molar-refractivity contribution < 1.29 is 4.79 Å². The Morgan fingerprint density at radius 2 is 2.42 bits per heavy atom. The Hall–Kier alpha value is -0.590. The highest BCUT2D eigenvalue weighted by Gasteiger charge is 2.18. The number of carbonyl (C=O) groups excluding carboxylic acids is 1. The van der Waals surface area contributed by atoms with Crippen molar-refractivity contribution in [2.75, 3.05) is 0 Å². The third-order valence-corrected chi connectivity index (χ3v) is 2.42. The number of rotatable bonds is 4. The molecule has 0 unspecified atom stereocenters. The smallest absolute Gasteiger partial charge is 0.133 e. The van der Waals surface area contributed by atoms with Crippen molar-refractivity contribution in [2.24, 2.45) is 5.92 Å². The van der Waals surface area contributed by atoms with Gasteiger partial charge in [0, 0.05) is 12.8 Å². The number of Topliss-reactive ketones (excluding diaryl/α,β-unsaturated/α-hetero) is 1. The summed E-state index contributed by atoms with van der Waals surface area (Å²) in [5.74, 6) is 1.01. The van der Waals surface area contributed by atoms with Gasteiger partial charge in [-0.2, -0.15) is 0 Å². The van der Waals surface area contributed by atoms with Crippen LogP contribution in [0.2, 0.25) is 0 Å². The molecule has 1 heteroatoms. The zero-order valence-corrected chi connectivity index (χ0v) is 7.88. The van der Waals surface area contributed by atoms with Gasteiger partial charge in [-0.3, -0.25) is 4.79 Å². The summed E-state index contributed by atoms with van der Waals surface area (Å²) in [6, 6.07) is 0. The summed E-state index contributed by atoms with van der Waals surface area (Å²) >= 11 is 0. The molecule has 0 saturated heterocycles. The van der Waals surface area contributed by atoms with Crippen LogP contribution in [-0.4, -0.2) is 5.78 Å². The molecule has 0 amide bonds. The molecule has 1 rings (SSSR count). The minimum Gasteiger partial charge on any atom is -0.300 e. The Labute approximate surface area is 74.9 Å². The van der Waals surface area contributed by atoms with E-state index in [0.29, 0.717) is 11.7 Å². The van der Waals surface area contributed by atoms with Gasteiger partial charge < -0.3 is 0 Å². The van der Waals surface area contributed by atoms with E-state index in [9.17, 15) is 4.79 Å². The fourth-order valence-electron chi connectivity index (χ4n) is 1.62. The minimum atomic E-state index is 0.445. The van der Waals surface area contributed by atoms with Crippen molar-refractivity contribution in [1.82, 2.24) is 0 Å². The molecule has 1 aliphatic carbocycles. The summed E-state index contributed by atoms with van der Waals surface area (Å²) in [7, 11) is 0. The molecular formula is C11H18O. The molecule has 0 bridgehead atoms. The van der Waals surface area contributed by atoms with Gasteiger partial charge in [-0.25, -0.2) is 0 Å². The van der Waals surface area contributed by atoms with Gasteiger partial charge in [0.05, 0.1) is 0 Å². The summed E-state index contributed by atoms with van der Waals surface area (Å²) in [6.45, 7) is 2.20. The molecule has 0 aromatic rings. The molecule has 12 heavy (non-hydrogen) atoms. The lowest BCUT2D eigenvalue weighted by Gasteiger charge is -1.97. The molecule has 0 N–H and O–H groups in total. The fourth-order valence-corrected chi connectivity index (χ4v) is 1.62. The van der Waals surface area contributed by atoms with E-state index in [2.05, 4.69) is 19.1 Å². The van der Waals surface area contributed by atoms with Gasteiger partial charge >= 0.3 is 0 Å². The topological polar surface area (TPSA) is 17.1 Å². The highest BCUT2D eigenvalue weighted by Crippen LogP contribution is 2.23. The van der Waals surface area contributed by atoms with Crippen molar-refractivity contribution in [1.29, 1.82) is 0 Å². The van der Waals surface area contributed by atoms with Crippen LogP contribution < -0.4 is 0 Å². The molecular weight excluding hydrogens is 148 g/mol. The largest absolute Gasteiger partial charge is 0.300 e. The van der Waals surface area contributed by atoms with Crippen LogP contribution in [0.25, 0.3) is 0 Å². The van der Waals surface area contributed by atoms with Crippen molar-refractivity contribution in [3.05, 3.63) is 12.2 Å². The van der Waals surface area contributed by atoms with E-state index < -0.39 is 0 Å². The van der Waals surface area contributed by atoms with Crippen LogP contribution in [0.5, 0.6) is 0 Å². The van der Waals surface area contributed by atoms with Gasteiger partial charge in [0.15, 0.2) is 0 Å². The maximum absolute atomic E-state index is 10.9. The Morgan fingerprint density at radius 1 is 1.58 bits per heavy atom. The molecule has 68 valence electrons. The zero-order valence-electron chi connectivity index (χ0n) is 7.88. The molecule has 0 heterocycles. The first-order valence-corrected chi connectivity index (χ1v) is 5.01. The third kappa shape index (κ3) is 3.21. The monoisotopic (exact) mass is 166 g/mol. The van der Waals surface area contributed by atoms with Gasteiger partial charge in [-0.05, 0) is 18.8 Å². The van der Waals surface area contributed by atoms with Crippen molar-refractivity contribution in [3.8, 4) is 0 Å². The zero-order chi connectivity index (χ0) is 8.81. The van der Waals surface area contributed by atoms with E-state index in [1.165, 1.54) is 19.3 Å². The van der Waals surface area contributed by atoms with Crippen LogP contribution in [0, 0.1) is 5.92 Å². The van der Waals surface area contributed by atoms with E-state index in [-0.39, 0.29) is 0 Å². The Kier molecular flexibility index (Phi) is 4.06. The lowest BCUT2D eigenvalue weighted by Crippen LogP contribution is -1.89. The van der Waals surface area contributed by atoms with Crippen LogP contribution in [-0.2, 0) is 4.79 Å². The second kappa shape index (κ2) is 5.13. The molecule has 1 nitrogen and oxygen atoms in total. The van der Waals surface area contributed by atoms with E-state index in [0.717, 1.165) is 19.3 Å². The molecule has 0 radical (unpaired) electrons. The van der Waals surface area contributed by atoms with E-state index in [4.69, 9.17) is 0 Å². The molecule has 0 aromatic carbocycles. The van der Waals surface area contributed by atoms with Crippen molar-refractivity contribution >= 4 is 5.78 Å². The number of hydrogen-bond donors (Lipinski definition) is 0. The number of unbranched alkanes of at least 4 members (excludes halogenated alkanes) is 2.